The molecule has 1 amide bonds. The molecular weight excluding hydrogens is 206 g/mol. The number of amides is 1. The van der Waals surface area contributed by atoms with Gasteiger partial charge in [-0.3, -0.25) is 4.79 Å². The number of ether oxygens (including phenoxy) is 1. The average molecular weight is 223 g/mol. The van der Waals surface area contributed by atoms with E-state index in [4.69, 9.17) is 4.74 Å². The molecule has 0 spiro atoms. The van der Waals surface area contributed by atoms with Crippen molar-refractivity contribution in [3.8, 4) is 5.75 Å². The van der Waals surface area contributed by atoms with Crippen LogP contribution in [-0.4, -0.2) is 36.3 Å². The van der Waals surface area contributed by atoms with E-state index in [9.17, 15) is 9.90 Å². The number of aryl methyl sites for hydroxylation is 2. The molecule has 0 fully saturated rings. The number of hydrogen-bond acceptors (Lipinski definition) is 3. The molecular formula is C12H17NO3. The van der Waals surface area contributed by atoms with Gasteiger partial charge in [0.25, 0.3) is 12.2 Å². The second kappa shape index (κ2) is 4.99. The number of likely N-dealkylation sites (N-methyl/N-ethyl adjacent to an activating group) is 1. The van der Waals surface area contributed by atoms with Crippen molar-refractivity contribution in [3.05, 3.63) is 29.3 Å². The van der Waals surface area contributed by atoms with E-state index in [1.165, 1.54) is 4.90 Å². The van der Waals surface area contributed by atoms with Crippen LogP contribution in [0.3, 0.4) is 0 Å². The Balaban J connectivity index is 2.76. The molecule has 1 rings (SSSR count). The summed E-state index contributed by atoms with van der Waals surface area (Å²) in [6.45, 7) is 3.86. The lowest BCUT2D eigenvalue weighted by atomic mass is 10.1. The highest BCUT2D eigenvalue weighted by atomic mass is 16.6. The highest BCUT2D eigenvalue weighted by molar-refractivity contribution is 5.79. The minimum atomic E-state index is -1.45. The summed E-state index contributed by atoms with van der Waals surface area (Å²) in [5.41, 5.74) is 2.05. The zero-order chi connectivity index (χ0) is 12.3. The lowest BCUT2D eigenvalue weighted by Gasteiger charge is -2.17. The van der Waals surface area contributed by atoms with Gasteiger partial charge in [0, 0.05) is 14.1 Å². The summed E-state index contributed by atoms with van der Waals surface area (Å²) in [6.07, 6.45) is -1.45. The van der Waals surface area contributed by atoms with E-state index in [0.717, 1.165) is 11.1 Å². The number of rotatable bonds is 3. The largest absolute Gasteiger partial charge is 0.455 e. The summed E-state index contributed by atoms with van der Waals surface area (Å²) in [4.78, 5) is 12.7. The van der Waals surface area contributed by atoms with Crippen LogP contribution in [0.25, 0.3) is 0 Å². The summed E-state index contributed by atoms with van der Waals surface area (Å²) in [5, 5.41) is 9.51. The Morgan fingerprint density at radius 3 is 2.19 bits per heavy atom. The fraction of sp³-hybridized carbons (Fsp3) is 0.417. The minimum Gasteiger partial charge on any atom is -0.455 e. The summed E-state index contributed by atoms with van der Waals surface area (Å²) < 4.78 is 5.16. The molecule has 0 aliphatic heterocycles. The summed E-state index contributed by atoms with van der Waals surface area (Å²) >= 11 is 0. The lowest BCUT2D eigenvalue weighted by molar-refractivity contribution is -0.152. The van der Waals surface area contributed by atoms with Gasteiger partial charge in [-0.1, -0.05) is 6.07 Å². The van der Waals surface area contributed by atoms with Gasteiger partial charge in [0.2, 0.25) is 0 Å². The Kier molecular flexibility index (Phi) is 3.90. The molecule has 1 atom stereocenters. The van der Waals surface area contributed by atoms with Gasteiger partial charge in [0.15, 0.2) is 0 Å². The molecule has 0 heterocycles. The Morgan fingerprint density at radius 1 is 1.25 bits per heavy atom. The first-order chi connectivity index (χ1) is 7.40. The van der Waals surface area contributed by atoms with Crippen LogP contribution in [0.2, 0.25) is 0 Å². The van der Waals surface area contributed by atoms with Crippen LogP contribution in [0.15, 0.2) is 18.2 Å². The second-order valence-corrected chi connectivity index (χ2v) is 4.03. The van der Waals surface area contributed by atoms with Crippen LogP contribution in [-0.2, 0) is 4.79 Å². The first-order valence-corrected chi connectivity index (χ1v) is 5.04. The number of benzene rings is 1. The predicted octanol–water partition coefficient (Wildman–Crippen LogP) is 1.09. The van der Waals surface area contributed by atoms with Crippen molar-refractivity contribution in [2.45, 2.75) is 20.1 Å². The van der Waals surface area contributed by atoms with Crippen molar-refractivity contribution in [2.24, 2.45) is 0 Å². The van der Waals surface area contributed by atoms with Crippen molar-refractivity contribution in [2.75, 3.05) is 14.1 Å². The van der Waals surface area contributed by atoms with E-state index in [0.29, 0.717) is 5.75 Å². The first-order valence-electron chi connectivity index (χ1n) is 5.04. The summed E-state index contributed by atoms with van der Waals surface area (Å²) in [5.74, 6) is 0.0272. The second-order valence-electron chi connectivity index (χ2n) is 4.03. The maximum Gasteiger partial charge on any atom is 0.291 e. The maximum atomic E-state index is 11.4. The maximum absolute atomic E-state index is 11.4. The number of carbonyl (C=O) groups excluding carboxylic acids is 1. The number of aliphatic hydroxyl groups excluding tert-OH is 1. The minimum absolute atomic E-state index is 0.473. The fourth-order valence-electron chi connectivity index (χ4n) is 1.40. The molecule has 0 aromatic heterocycles. The molecule has 0 bridgehead atoms. The lowest BCUT2D eigenvalue weighted by Crippen LogP contribution is -2.37. The molecule has 0 saturated heterocycles. The molecule has 1 unspecified atom stereocenters. The highest BCUT2D eigenvalue weighted by Crippen LogP contribution is 2.17. The molecule has 1 aromatic rings. The van der Waals surface area contributed by atoms with Gasteiger partial charge < -0.3 is 14.7 Å². The molecule has 0 aliphatic rings. The van der Waals surface area contributed by atoms with Crippen molar-refractivity contribution >= 4 is 5.91 Å². The van der Waals surface area contributed by atoms with E-state index >= 15 is 0 Å². The van der Waals surface area contributed by atoms with Crippen LogP contribution in [0, 0.1) is 13.8 Å². The van der Waals surface area contributed by atoms with Crippen molar-refractivity contribution in [3.63, 3.8) is 0 Å². The smallest absolute Gasteiger partial charge is 0.291 e. The van der Waals surface area contributed by atoms with E-state index < -0.39 is 12.2 Å². The predicted molar refractivity (Wildman–Crippen MR) is 61.2 cm³/mol. The van der Waals surface area contributed by atoms with Crippen molar-refractivity contribution in [1.82, 2.24) is 4.90 Å². The highest BCUT2D eigenvalue weighted by Gasteiger charge is 2.18. The van der Waals surface area contributed by atoms with Gasteiger partial charge in [0.1, 0.15) is 5.75 Å². The average Bonchev–Trinajstić information content (AvgIpc) is 2.14. The zero-order valence-electron chi connectivity index (χ0n) is 10.0. The van der Waals surface area contributed by atoms with Gasteiger partial charge in [-0.2, -0.15) is 0 Å². The SMILES string of the molecule is Cc1cc(C)cc(OC(O)C(=O)N(C)C)c1. The topological polar surface area (TPSA) is 49.8 Å². The molecule has 0 saturated carbocycles. The molecule has 88 valence electrons. The number of aliphatic hydroxyl groups is 1. The van der Waals surface area contributed by atoms with E-state index in [2.05, 4.69) is 0 Å². The van der Waals surface area contributed by atoms with Crippen LogP contribution < -0.4 is 4.74 Å². The third-order valence-electron chi connectivity index (χ3n) is 2.09. The van der Waals surface area contributed by atoms with Gasteiger partial charge >= 0.3 is 0 Å². The van der Waals surface area contributed by atoms with Gasteiger partial charge in [-0.15, -0.1) is 0 Å². The van der Waals surface area contributed by atoms with Crippen LogP contribution in [0.4, 0.5) is 0 Å². The molecule has 1 N–H and O–H groups in total. The quantitative estimate of drug-likeness (QED) is 0.780. The van der Waals surface area contributed by atoms with Crippen LogP contribution in [0.1, 0.15) is 11.1 Å². The molecule has 0 radical (unpaired) electrons. The van der Waals surface area contributed by atoms with Crippen molar-refractivity contribution in [1.29, 1.82) is 0 Å². The Labute approximate surface area is 95.5 Å². The van der Waals surface area contributed by atoms with Gasteiger partial charge in [0.05, 0.1) is 0 Å². The fourth-order valence-corrected chi connectivity index (χ4v) is 1.40. The molecule has 0 aliphatic carbocycles. The summed E-state index contributed by atoms with van der Waals surface area (Å²) in [6, 6.07) is 5.55. The Bertz CT molecular complexity index is 368. The van der Waals surface area contributed by atoms with Gasteiger partial charge in [-0.05, 0) is 37.1 Å². The molecule has 16 heavy (non-hydrogen) atoms. The monoisotopic (exact) mass is 223 g/mol. The molecule has 4 nitrogen and oxygen atoms in total. The number of nitrogens with zero attached hydrogens (tertiary/aromatic N) is 1. The normalized spacial score (nSPS) is 12.1. The van der Waals surface area contributed by atoms with E-state index in [1.54, 1.807) is 26.2 Å². The number of carbonyl (C=O) groups is 1. The molecule has 4 heteroatoms. The third-order valence-corrected chi connectivity index (χ3v) is 2.09. The Hall–Kier alpha value is -1.55. The number of hydrogen-bond donors (Lipinski definition) is 1. The molecule has 1 aromatic carbocycles. The van der Waals surface area contributed by atoms with E-state index in [-0.39, 0.29) is 0 Å². The van der Waals surface area contributed by atoms with Crippen LogP contribution in [0.5, 0.6) is 5.75 Å². The van der Waals surface area contributed by atoms with E-state index in [1.807, 2.05) is 19.9 Å². The summed E-state index contributed by atoms with van der Waals surface area (Å²) in [7, 11) is 3.13. The Morgan fingerprint density at radius 2 is 1.75 bits per heavy atom. The zero-order valence-corrected chi connectivity index (χ0v) is 10.0. The van der Waals surface area contributed by atoms with Crippen LogP contribution >= 0.6 is 0 Å². The third kappa shape index (κ3) is 3.24. The van der Waals surface area contributed by atoms with Gasteiger partial charge in [-0.25, -0.2) is 0 Å². The standard InChI is InChI=1S/C12H17NO3/c1-8-5-9(2)7-10(6-8)16-12(15)11(14)13(3)4/h5-7,12,15H,1-4H3. The van der Waals surface area contributed by atoms with Crippen molar-refractivity contribution < 1.29 is 14.6 Å². The first kappa shape index (κ1) is 12.5.